The van der Waals surface area contributed by atoms with Crippen molar-refractivity contribution in [1.29, 1.82) is 0 Å². The van der Waals surface area contributed by atoms with E-state index in [1.54, 1.807) is 11.8 Å². The lowest BCUT2D eigenvalue weighted by Gasteiger charge is -2.16. The van der Waals surface area contributed by atoms with Crippen molar-refractivity contribution in [1.82, 2.24) is 0 Å². The Bertz CT molecular complexity index is 678. The van der Waals surface area contributed by atoms with Crippen LogP contribution in [0, 0.1) is 13.8 Å². The summed E-state index contributed by atoms with van der Waals surface area (Å²) in [7, 11) is 0. The molecule has 0 saturated heterocycles. The van der Waals surface area contributed by atoms with Gasteiger partial charge in [-0.1, -0.05) is 29.9 Å². The SMILES string of the molecule is CSc1cccc(Oc2c(C)cc(Cl)cc2C)c1C(N)=S. The van der Waals surface area contributed by atoms with E-state index in [0.717, 1.165) is 27.3 Å². The van der Waals surface area contributed by atoms with E-state index in [0.29, 0.717) is 15.8 Å². The highest BCUT2D eigenvalue weighted by atomic mass is 35.5. The fraction of sp³-hybridized carbons (Fsp3) is 0.188. The van der Waals surface area contributed by atoms with Crippen LogP contribution >= 0.6 is 35.6 Å². The predicted molar refractivity (Wildman–Crippen MR) is 95.1 cm³/mol. The van der Waals surface area contributed by atoms with Crippen LogP contribution in [0.1, 0.15) is 16.7 Å². The average Bonchev–Trinajstić information content (AvgIpc) is 2.42. The molecule has 0 radical (unpaired) electrons. The van der Waals surface area contributed by atoms with Gasteiger partial charge in [0, 0.05) is 9.92 Å². The standard InChI is InChI=1S/C16H16ClNOS2/c1-9-7-11(17)8-10(2)15(9)19-12-5-4-6-13(21-3)14(12)16(18)20/h4-8H,1-3H3,(H2,18,20). The number of benzene rings is 2. The van der Waals surface area contributed by atoms with E-state index < -0.39 is 0 Å². The molecule has 0 aliphatic rings. The van der Waals surface area contributed by atoms with Crippen LogP contribution in [0.5, 0.6) is 11.5 Å². The van der Waals surface area contributed by atoms with Crippen LogP contribution in [0.25, 0.3) is 0 Å². The molecule has 0 bridgehead atoms. The van der Waals surface area contributed by atoms with Crippen molar-refractivity contribution in [2.45, 2.75) is 18.7 Å². The zero-order valence-electron chi connectivity index (χ0n) is 12.1. The fourth-order valence-corrected chi connectivity index (χ4v) is 3.41. The van der Waals surface area contributed by atoms with E-state index >= 15 is 0 Å². The molecule has 0 heterocycles. The van der Waals surface area contributed by atoms with Crippen molar-refractivity contribution in [2.75, 3.05) is 6.26 Å². The number of ether oxygens (including phenoxy) is 1. The van der Waals surface area contributed by atoms with E-state index in [4.69, 9.17) is 34.3 Å². The van der Waals surface area contributed by atoms with E-state index in [1.165, 1.54) is 0 Å². The number of aryl methyl sites for hydroxylation is 2. The van der Waals surface area contributed by atoms with Crippen molar-refractivity contribution in [2.24, 2.45) is 5.73 Å². The zero-order valence-corrected chi connectivity index (χ0v) is 14.5. The summed E-state index contributed by atoms with van der Waals surface area (Å²) in [5.74, 6) is 1.46. The van der Waals surface area contributed by atoms with Gasteiger partial charge in [0.15, 0.2) is 0 Å². The summed E-state index contributed by atoms with van der Waals surface area (Å²) in [5, 5.41) is 0.699. The first-order valence-corrected chi connectivity index (χ1v) is 8.36. The highest BCUT2D eigenvalue weighted by Crippen LogP contribution is 2.35. The van der Waals surface area contributed by atoms with Gasteiger partial charge in [-0.05, 0) is 55.5 Å². The molecule has 0 saturated carbocycles. The summed E-state index contributed by atoms with van der Waals surface area (Å²) in [6, 6.07) is 9.55. The topological polar surface area (TPSA) is 35.2 Å². The van der Waals surface area contributed by atoms with Crippen LogP contribution in [0.15, 0.2) is 35.2 Å². The van der Waals surface area contributed by atoms with Crippen molar-refractivity contribution < 1.29 is 4.74 Å². The lowest BCUT2D eigenvalue weighted by Crippen LogP contribution is -2.12. The third-order valence-electron chi connectivity index (χ3n) is 3.09. The lowest BCUT2D eigenvalue weighted by molar-refractivity contribution is 0.473. The molecular formula is C16H16ClNOS2. The quantitative estimate of drug-likeness (QED) is 0.621. The maximum absolute atomic E-state index is 6.09. The lowest BCUT2D eigenvalue weighted by atomic mass is 10.1. The van der Waals surface area contributed by atoms with Crippen LogP contribution < -0.4 is 10.5 Å². The molecule has 2 nitrogen and oxygen atoms in total. The summed E-state index contributed by atoms with van der Waals surface area (Å²) < 4.78 is 6.09. The molecule has 2 aromatic carbocycles. The average molecular weight is 338 g/mol. The van der Waals surface area contributed by atoms with E-state index in [-0.39, 0.29) is 0 Å². The van der Waals surface area contributed by atoms with Crippen LogP contribution in [-0.2, 0) is 0 Å². The molecule has 0 aliphatic heterocycles. The van der Waals surface area contributed by atoms with Gasteiger partial charge in [0.1, 0.15) is 16.5 Å². The van der Waals surface area contributed by atoms with Crippen LogP contribution in [0.2, 0.25) is 5.02 Å². The minimum absolute atomic E-state index is 0.333. The maximum atomic E-state index is 6.09. The summed E-state index contributed by atoms with van der Waals surface area (Å²) in [6.45, 7) is 3.93. The molecule has 2 N–H and O–H groups in total. The van der Waals surface area contributed by atoms with Gasteiger partial charge in [-0.2, -0.15) is 0 Å². The summed E-state index contributed by atoms with van der Waals surface area (Å²) >= 11 is 12.8. The smallest absolute Gasteiger partial charge is 0.138 e. The van der Waals surface area contributed by atoms with Crippen LogP contribution in [-0.4, -0.2) is 11.2 Å². The number of rotatable bonds is 4. The number of halogens is 1. The molecule has 0 aromatic heterocycles. The van der Waals surface area contributed by atoms with Crippen LogP contribution in [0.4, 0.5) is 0 Å². The van der Waals surface area contributed by atoms with Gasteiger partial charge in [0.05, 0.1) is 5.56 Å². The molecular weight excluding hydrogens is 322 g/mol. The third kappa shape index (κ3) is 3.51. The predicted octanol–water partition coefficient (Wildman–Crippen LogP) is 5.11. The van der Waals surface area contributed by atoms with Gasteiger partial charge in [-0.15, -0.1) is 11.8 Å². The normalized spacial score (nSPS) is 10.5. The van der Waals surface area contributed by atoms with E-state index in [2.05, 4.69) is 0 Å². The van der Waals surface area contributed by atoms with Gasteiger partial charge < -0.3 is 10.5 Å². The molecule has 0 aliphatic carbocycles. The largest absolute Gasteiger partial charge is 0.456 e. The molecule has 110 valence electrons. The third-order valence-corrected chi connectivity index (χ3v) is 4.29. The summed E-state index contributed by atoms with van der Waals surface area (Å²) in [4.78, 5) is 1.34. The second-order valence-electron chi connectivity index (χ2n) is 4.67. The highest BCUT2D eigenvalue weighted by Gasteiger charge is 2.15. The first kappa shape index (κ1) is 16.1. The van der Waals surface area contributed by atoms with Gasteiger partial charge in [0.25, 0.3) is 0 Å². The first-order valence-electron chi connectivity index (χ1n) is 6.35. The molecule has 2 aromatic rings. The Morgan fingerprint density at radius 1 is 1.24 bits per heavy atom. The Balaban J connectivity index is 2.52. The molecule has 0 amide bonds. The van der Waals surface area contributed by atoms with Gasteiger partial charge in [-0.25, -0.2) is 0 Å². The number of hydrogen-bond acceptors (Lipinski definition) is 3. The number of thiocarbonyl (C=S) groups is 1. The Morgan fingerprint density at radius 2 is 1.86 bits per heavy atom. The molecule has 0 atom stereocenters. The molecule has 5 heteroatoms. The molecule has 0 unspecified atom stereocenters. The van der Waals surface area contributed by atoms with Gasteiger partial charge >= 0.3 is 0 Å². The zero-order chi connectivity index (χ0) is 15.6. The Kier molecular flexibility index (Phi) is 5.14. The molecule has 0 fully saturated rings. The van der Waals surface area contributed by atoms with Crippen LogP contribution in [0.3, 0.4) is 0 Å². The fourth-order valence-electron chi connectivity index (χ4n) is 2.18. The number of hydrogen-bond donors (Lipinski definition) is 1. The summed E-state index contributed by atoms with van der Waals surface area (Å²) in [6.07, 6.45) is 1.99. The summed E-state index contributed by atoms with van der Waals surface area (Å²) in [5.41, 5.74) is 8.58. The number of thioether (sulfide) groups is 1. The minimum Gasteiger partial charge on any atom is -0.456 e. The van der Waals surface area contributed by atoms with Crippen molar-refractivity contribution in [3.8, 4) is 11.5 Å². The van der Waals surface area contributed by atoms with Crippen molar-refractivity contribution in [3.63, 3.8) is 0 Å². The Hall–Kier alpha value is -1.23. The number of nitrogens with two attached hydrogens (primary N) is 1. The second kappa shape index (κ2) is 6.69. The van der Waals surface area contributed by atoms with Crippen molar-refractivity contribution in [3.05, 3.63) is 52.0 Å². The Morgan fingerprint density at radius 3 is 2.38 bits per heavy atom. The Labute approximate surface area is 139 Å². The van der Waals surface area contributed by atoms with Crippen molar-refractivity contribution >= 4 is 40.6 Å². The minimum atomic E-state index is 0.333. The maximum Gasteiger partial charge on any atom is 0.138 e. The molecule has 2 rings (SSSR count). The van der Waals surface area contributed by atoms with Gasteiger partial charge in [-0.3, -0.25) is 0 Å². The van der Waals surface area contributed by atoms with Gasteiger partial charge in [0.2, 0.25) is 0 Å². The highest BCUT2D eigenvalue weighted by molar-refractivity contribution is 7.98. The monoisotopic (exact) mass is 337 g/mol. The molecule has 0 spiro atoms. The first-order chi connectivity index (χ1) is 9.93. The van der Waals surface area contributed by atoms with E-state index in [1.807, 2.05) is 50.4 Å². The second-order valence-corrected chi connectivity index (χ2v) is 6.39. The van der Waals surface area contributed by atoms with E-state index in [9.17, 15) is 0 Å². The molecule has 21 heavy (non-hydrogen) atoms.